The maximum absolute atomic E-state index is 11.1. The highest BCUT2D eigenvalue weighted by atomic mass is 79.9. The fourth-order valence-electron chi connectivity index (χ4n) is 1.17. The lowest BCUT2D eigenvalue weighted by atomic mass is 10.3. The molecule has 0 saturated carbocycles. The number of aromatic nitrogens is 3. The van der Waals surface area contributed by atoms with Crippen molar-refractivity contribution < 1.29 is 4.79 Å². The Bertz CT molecular complexity index is 507. The van der Waals surface area contributed by atoms with Gasteiger partial charge in [0.15, 0.2) is 5.78 Å². The van der Waals surface area contributed by atoms with Gasteiger partial charge in [0.25, 0.3) is 0 Å². The lowest BCUT2D eigenvalue weighted by Gasteiger charge is -1.99. The Kier molecular flexibility index (Phi) is 2.64. The maximum Gasteiger partial charge on any atom is 0.162 e. The number of carbonyl (C=O) groups excluding carboxylic acids is 1. The molecule has 0 N–H and O–H groups in total. The van der Waals surface area contributed by atoms with Gasteiger partial charge in [-0.3, -0.25) is 9.78 Å². The standard InChI is InChI=1S/C10H8BrN3O/c1-7(15)8-3-13-14(6-8)10-2-9(11)4-12-5-10/h2-6H,1H3. The largest absolute Gasteiger partial charge is 0.294 e. The van der Waals surface area contributed by atoms with Crippen molar-refractivity contribution in [2.24, 2.45) is 0 Å². The summed E-state index contributed by atoms with van der Waals surface area (Å²) in [6.45, 7) is 1.51. The third kappa shape index (κ3) is 2.12. The predicted octanol–water partition coefficient (Wildman–Crippen LogP) is 2.23. The van der Waals surface area contributed by atoms with E-state index in [1.54, 1.807) is 29.5 Å². The van der Waals surface area contributed by atoms with Crippen LogP contribution in [0.2, 0.25) is 0 Å². The van der Waals surface area contributed by atoms with Crippen molar-refractivity contribution in [3.8, 4) is 5.69 Å². The van der Waals surface area contributed by atoms with Gasteiger partial charge >= 0.3 is 0 Å². The van der Waals surface area contributed by atoms with Gasteiger partial charge in [0.1, 0.15) is 0 Å². The lowest BCUT2D eigenvalue weighted by molar-refractivity contribution is 0.101. The number of rotatable bonds is 2. The quantitative estimate of drug-likeness (QED) is 0.783. The Morgan fingerprint density at radius 3 is 2.80 bits per heavy atom. The summed E-state index contributed by atoms with van der Waals surface area (Å²) in [4.78, 5) is 15.1. The molecule has 0 atom stereocenters. The number of hydrogen-bond donors (Lipinski definition) is 0. The van der Waals surface area contributed by atoms with Gasteiger partial charge in [-0.2, -0.15) is 5.10 Å². The van der Waals surface area contributed by atoms with E-state index in [1.165, 1.54) is 6.92 Å². The maximum atomic E-state index is 11.1. The van der Waals surface area contributed by atoms with Crippen molar-refractivity contribution in [1.29, 1.82) is 0 Å². The first-order valence-electron chi connectivity index (χ1n) is 4.33. The molecule has 4 nitrogen and oxygen atoms in total. The van der Waals surface area contributed by atoms with E-state index in [0.29, 0.717) is 5.56 Å². The molecule has 0 aliphatic rings. The first-order chi connectivity index (χ1) is 7.16. The highest BCUT2D eigenvalue weighted by molar-refractivity contribution is 9.10. The number of nitrogens with zero attached hydrogens (tertiary/aromatic N) is 3. The molecule has 15 heavy (non-hydrogen) atoms. The molecule has 2 aromatic heterocycles. The van der Waals surface area contributed by atoms with E-state index >= 15 is 0 Å². The van der Waals surface area contributed by atoms with Crippen LogP contribution >= 0.6 is 15.9 Å². The van der Waals surface area contributed by atoms with Crippen LogP contribution in [0.25, 0.3) is 5.69 Å². The number of hydrogen-bond acceptors (Lipinski definition) is 3. The monoisotopic (exact) mass is 265 g/mol. The highest BCUT2D eigenvalue weighted by Crippen LogP contribution is 2.13. The van der Waals surface area contributed by atoms with Crippen molar-refractivity contribution in [2.75, 3.05) is 0 Å². The molecule has 0 fully saturated rings. The SMILES string of the molecule is CC(=O)c1cnn(-c2cncc(Br)c2)c1. The second kappa shape index (κ2) is 3.94. The Balaban J connectivity index is 2.41. The van der Waals surface area contributed by atoms with Gasteiger partial charge in [0.05, 0.1) is 23.6 Å². The van der Waals surface area contributed by atoms with Gasteiger partial charge in [-0.1, -0.05) is 0 Å². The molecule has 76 valence electrons. The molecule has 0 unspecified atom stereocenters. The van der Waals surface area contributed by atoms with E-state index in [0.717, 1.165) is 10.2 Å². The normalized spacial score (nSPS) is 10.3. The predicted molar refractivity (Wildman–Crippen MR) is 59.1 cm³/mol. The molecule has 0 radical (unpaired) electrons. The van der Waals surface area contributed by atoms with E-state index in [-0.39, 0.29) is 5.78 Å². The molecular formula is C10H8BrN3O. The van der Waals surface area contributed by atoms with Crippen LogP contribution in [0.5, 0.6) is 0 Å². The van der Waals surface area contributed by atoms with Crippen LogP contribution in [0.1, 0.15) is 17.3 Å². The summed E-state index contributed by atoms with van der Waals surface area (Å²) in [5, 5.41) is 4.08. The van der Waals surface area contributed by atoms with Crippen LogP contribution in [0.4, 0.5) is 0 Å². The summed E-state index contributed by atoms with van der Waals surface area (Å²) in [6.07, 6.45) is 6.61. The van der Waals surface area contributed by atoms with Crippen molar-refractivity contribution in [1.82, 2.24) is 14.8 Å². The molecule has 0 saturated heterocycles. The van der Waals surface area contributed by atoms with E-state index in [9.17, 15) is 4.79 Å². The summed E-state index contributed by atoms with van der Waals surface area (Å²) in [7, 11) is 0. The minimum absolute atomic E-state index is 0.00389. The van der Waals surface area contributed by atoms with E-state index in [1.807, 2.05) is 6.07 Å². The Hall–Kier alpha value is -1.49. The van der Waals surface area contributed by atoms with Crippen molar-refractivity contribution in [2.45, 2.75) is 6.92 Å². The fraction of sp³-hybridized carbons (Fsp3) is 0.100. The van der Waals surface area contributed by atoms with E-state index in [4.69, 9.17) is 0 Å². The third-order valence-corrected chi connectivity index (χ3v) is 2.38. The molecule has 0 amide bonds. The molecular weight excluding hydrogens is 258 g/mol. The summed E-state index contributed by atoms with van der Waals surface area (Å²) in [5.74, 6) is 0.00389. The topological polar surface area (TPSA) is 47.8 Å². The summed E-state index contributed by atoms with van der Waals surface area (Å²) in [6, 6.07) is 1.88. The molecule has 2 heterocycles. The molecule has 2 aromatic rings. The fourth-order valence-corrected chi connectivity index (χ4v) is 1.52. The average molecular weight is 266 g/mol. The number of ketones is 1. The van der Waals surface area contributed by atoms with Gasteiger partial charge in [-0.25, -0.2) is 4.68 Å². The van der Waals surface area contributed by atoms with Crippen LogP contribution in [0.15, 0.2) is 35.3 Å². The second-order valence-corrected chi connectivity index (χ2v) is 4.01. The average Bonchev–Trinajstić information content (AvgIpc) is 2.66. The summed E-state index contributed by atoms with van der Waals surface area (Å²) >= 11 is 3.32. The van der Waals surface area contributed by atoms with Crippen molar-refractivity contribution >= 4 is 21.7 Å². The van der Waals surface area contributed by atoms with Crippen LogP contribution in [0.3, 0.4) is 0 Å². The number of halogens is 1. The van der Waals surface area contributed by atoms with Gasteiger partial charge < -0.3 is 0 Å². The second-order valence-electron chi connectivity index (χ2n) is 3.09. The first-order valence-corrected chi connectivity index (χ1v) is 5.12. The van der Waals surface area contributed by atoms with Crippen LogP contribution in [0, 0.1) is 0 Å². The third-order valence-electron chi connectivity index (χ3n) is 1.94. The summed E-state index contributed by atoms with van der Waals surface area (Å²) < 4.78 is 2.49. The first kappa shape index (κ1) is 10.0. The van der Waals surface area contributed by atoms with Gasteiger partial charge in [-0.05, 0) is 28.9 Å². The number of Topliss-reactive ketones (excluding diaryl/α,β-unsaturated/α-hetero) is 1. The molecule has 5 heteroatoms. The molecule has 0 aliphatic carbocycles. The minimum atomic E-state index is 0.00389. The Labute approximate surface area is 95.1 Å². The van der Waals surface area contributed by atoms with Gasteiger partial charge in [0, 0.05) is 16.9 Å². The summed E-state index contributed by atoms with van der Waals surface area (Å²) in [5.41, 5.74) is 1.41. The zero-order chi connectivity index (χ0) is 10.8. The van der Waals surface area contributed by atoms with Crippen LogP contribution in [-0.4, -0.2) is 20.5 Å². The Morgan fingerprint density at radius 1 is 1.40 bits per heavy atom. The van der Waals surface area contributed by atoms with Crippen LogP contribution < -0.4 is 0 Å². The zero-order valence-corrected chi connectivity index (χ0v) is 9.60. The van der Waals surface area contributed by atoms with E-state index < -0.39 is 0 Å². The molecule has 0 aromatic carbocycles. The smallest absolute Gasteiger partial charge is 0.162 e. The van der Waals surface area contributed by atoms with E-state index in [2.05, 4.69) is 26.0 Å². The number of carbonyl (C=O) groups is 1. The Morgan fingerprint density at radius 2 is 2.20 bits per heavy atom. The lowest BCUT2D eigenvalue weighted by Crippen LogP contribution is -1.95. The minimum Gasteiger partial charge on any atom is -0.294 e. The van der Waals surface area contributed by atoms with Crippen molar-refractivity contribution in [3.63, 3.8) is 0 Å². The molecule has 0 bridgehead atoms. The highest BCUT2D eigenvalue weighted by Gasteiger charge is 2.04. The van der Waals surface area contributed by atoms with Gasteiger partial charge in [0.2, 0.25) is 0 Å². The van der Waals surface area contributed by atoms with Gasteiger partial charge in [-0.15, -0.1) is 0 Å². The van der Waals surface area contributed by atoms with Crippen molar-refractivity contribution in [3.05, 3.63) is 40.9 Å². The number of pyridine rings is 1. The molecule has 0 spiro atoms. The molecule has 0 aliphatic heterocycles. The van der Waals surface area contributed by atoms with Crippen LogP contribution in [-0.2, 0) is 0 Å². The molecule has 2 rings (SSSR count). The zero-order valence-electron chi connectivity index (χ0n) is 8.01.